The largest absolute Gasteiger partial charge is 0.368 e. The number of rotatable bonds is 4. The number of aryl methyl sites for hydroxylation is 2. The van der Waals surface area contributed by atoms with Gasteiger partial charge < -0.3 is 15.0 Å². The lowest BCUT2D eigenvalue weighted by Crippen LogP contribution is -2.42. The number of thiazole rings is 1. The van der Waals surface area contributed by atoms with E-state index in [-0.39, 0.29) is 17.9 Å². The molecule has 1 aliphatic rings. The molecule has 2 amide bonds. The first-order valence-corrected chi connectivity index (χ1v) is 10.8. The summed E-state index contributed by atoms with van der Waals surface area (Å²) in [5.74, 6) is -0.246. The van der Waals surface area contributed by atoms with Crippen molar-refractivity contribution in [2.45, 2.75) is 20.0 Å². The highest BCUT2D eigenvalue weighted by atomic mass is 32.1. The van der Waals surface area contributed by atoms with Gasteiger partial charge in [0.2, 0.25) is 0 Å². The highest BCUT2D eigenvalue weighted by molar-refractivity contribution is 7.11. The number of hydrogen-bond donors (Lipinski definition) is 1. The standard InChI is InChI=1S/C22H23N5O3S/c1-13-8-16(15-4-5-17(24-10-15)21(28)23-3)9-18(26-13)19-11-27(6-7-30-19)22(29)20-14(2)25-12-31-20/h4-5,8-10,12,19H,6-7,11H2,1-3H3,(H,23,28). The lowest BCUT2D eigenvalue weighted by atomic mass is 10.0. The minimum atomic E-state index is -0.317. The molecule has 1 saturated heterocycles. The molecule has 3 aromatic rings. The molecule has 8 nitrogen and oxygen atoms in total. The van der Waals surface area contributed by atoms with Gasteiger partial charge in [-0.15, -0.1) is 11.3 Å². The van der Waals surface area contributed by atoms with E-state index in [1.54, 1.807) is 29.7 Å². The molecule has 0 bridgehead atoms. The molecule has 160 valence electrons. The second-order valence-electron chi connectivity index (χ2n) is 7.31. The molecule has 0 aromatic carbocycles. The Morgan fingerprint density at radius 2 is 2.03 bits per heavy atom. The molecule has 0 spiro atoms. The molecule has 3 aromatic heterocycles. The maximum absolute atomic E-state index is 12.9. The summed E-state index contributed by atoms with van der Waals surface area (Å²) in [6.07, 6.45) is 1.36. The zero-order chi connectivity index (χ0) is 22.0. The predicted molar refractivity (Wildman–Crippen MR) is 117 cm³/mol. The van der Waals surface area contributed by atoms with Crippen LogP contribution >= 0.6 is 11.3 Å². The van der Waals surface area contributed by atoms with Gasteiger partial charge in [-0.25, -0.2) is 4.98 Å². The number of amides is 2. The Hall–Kier alpha value is -3.17. The molecule has 1 aliphatic heterocycles. The molecule has 0 radical (unpaired) electrons. The number of nitrogens with one attached hydrogen (secondary N) is 1. The van der Waals surface area contributed by atoms with Crippen LogP contribution in [0, 0.1) is 13.8 Å². The fourth-order valence-corrected chi connectivity index (χ4v) is 4.29. The van der Waals surface area contributed by atoms with Crippen molar-refractivity contribution in [2.24, 2.45) is 0 Å². The predicted octanol–water partition coefficient (Wildman–Crippen LogP) is 2.79. The molecule has 31 heavy (non-hydrogen) atoms. The highest BCUT2D eigenvalue weighted by Crippen LogP contribution is 2.28. The highest BCUT2D eigenvalue weighted by Gasteiger charge is 2.29. The van der Waals surface area contributed by atoms with Crippen LogP contribution in [0.1, 0.15) is 43.3 Å². The maximum Gasteiger partial charge on any atom is 0.269 e. The van der Waals surface area contributed by atoms with E-state index in [9.17, 15) is 9.59 Å². The monoisotopic (exact) mass is 437 g/mol. The van der Waals surface area contributed by atoms with Crippen LogP contribution in [0.15, 0.2) is 36.0 Å². The molecule has 1 atom stereocenters. The van der Waals surface area contributed by atoms with E-state index in [4.69, 9.17) is 4.74 Å². The number of hydrogen-bond acceptors (Lipinski definition) is 7. The van der Waals surface area contributed by atoms with E-state index in [2.05, 4.69) is 20.3 Å². The third-order valence-electron chi connectivity index (χ3n) is 5.15. The van der Waals surface area contributed by atoms with Crippen LogP contribution in [0.5, 0.6) is 0 Å². The lowest BCUT2D eigenvalue weighted by Gasteiger charge is -2.32. The number of carbonyl (C=O) groups excluding carboxylic acids is 2. The SMILES string of the molecule is CNC(=O)c1ccc(-c2cc(C)nc(C3CN(C(=O)c4scnc4C)CCO3)c2)cn1. The third kappa shape index (κ3) is 4.47. The van der Waals surface area contributed by atoms with Gasteiger partial charge in [0.05, 0.1) is 30.1 Å². The number of nitrogens with zero attached hydrogens (tertiary/aromatic N) is 4. The van der Waals surface area contributed by atoms with Crippen LogP contribution in [-0.2, 0) is 4.74 Å². The lowest BCUT2D eigenvalue weighted by molar-refractivity contribution is -0.0246. The molecule has 1 N–H and O–H groups in total. The molecular formula is C22H23N5O3S. The van der Waals surface area contributed by atoms with Crippen LogP contribution < -0.4 is 5.32 Å². The molecule has 1 fully saturated rings. The van der Waals surface area contributed by atoms with Gasteiger partial charge >= 0.3 is 0 Å². The summed E-state index contributed by atoms with van der Waals surface area (Å²) < 4.78 is 5.97. The Bertz CT molecular complexity index is 1110. The quantitative estimate of drug-likeness (QED) is 0.674. The second kappa shape index (κ2) is 8.91. The molecule has 0 aliphatic carbocycles. The van der Waals surface area contributed by atoms with E-state index >= 15 is 0 Å². The van der Waals surface area contributed by atoms with Crippen molar-refractivity contribution in [3.05, 3.63) is 63.6 Å². The minimum Gasteiger partial charge on any atom is -0.368 e. The van der Waals surface area contributed by atoms with Gasteiger partial charge in [-0.1, -0.05) is 6.07 Å². The molecule has 9 heteroatoms. The van der Waals surface area contributed by atoms with Crippen LogP contribution in [0.2, 0.25) is 0 Å². The van der Waals surface area contributed by atoms with Crippen molar-refractivity contribution in [1.29, 1.82) is 0 Å². The Morgan fingerprint density at radius 3 is 2.71 bits per heavy atom. The van der Waals surface area contributed by atoms with Crippen LogP contribution in [0.4, 0.5) is 0 Å². The van der Waals surface area contributed by atoms with Gasteiger partial charge in [0.25, 0.3) is 11.8 Å². The maximum atomic E-state index is 12.9. The normalized spacial score (nSPS) is 16.2. The van der Waals surface area contributed by atoms with Crippen molar-refractivity contribution in [1.82, 2.24) is 25.2 Å². The molecule has 1 unspecified atom stereocenters. The minimum absolute atomic E-state index is 0.0184. The van der Waals surface area contributed by atoms with E-state index in [1.807, 2.05) is 32.0 Å². The Kier molecular flexibility index (Phi) is 6.06. The van der Waals surface area contributed by atoms with E-state index in [0.717, 1.165) is 28.2 Å². The summed E-state index contributed by atoms with van der Waals surface area (Å²) in [5.41, 5.74) is 6.23. The first kappa shape index (κ1) is 21.1. The van der Waals surface area contributed by atoms with E-state index in [1.165, 1.54) is 11.3 Å². The number of pyridine rings is 2. The van der Waals surface area contributed by atoms with Gasteiger partial charge in [0.1, 0.15) is 16.7 Å². The molecule has 0 saturated carbocycles. The van der Waals surface area contributed by atoms with Crippen molar-refractivity contribution in [3.8, 4) is 11.1 Å². The summed E-state index contributed by atoms with van der Waals surface area (Å²) in [5, 5.41) is 2.57. The van der Waals surface area contributed by atoms with Crippen LogP contribution in [0.3, 0.4) is 0 Å². The summed E-state index contributed by atoms with van der Waals surface area (Å²) >= 11 is 1.36. The number of morpholine rings is 1. The van der Waals surface area contributed by atoms with E-state index < -0.39 is 0 Å². The average molecular weight is 438 g/mol. The van der Waals surface area contributed by atoms with Crippen molar-refractivity contribution in [2.75, 3.05) is 26.7 Å². The van der Waals surface area contributed by atoms with Crippen molar-refractivity contribution in [3.63, 3.8) is 0 Å². The Labute approximate surface area is 184 Å². The third-order valence-corrected chi connectivity index (χ3v) is 6.07. The van der Waals surface area contributed by atoms with Gasteiger partial charge in [-0.05, 0) is 37.6 Å². The topological polar surface area (TPSA) is 97.3 Å². The van der Waals surface area contributed by atoms with Crippen molar-refractivity contribution < 1.29 is 14.3 Å². The summed E-state index contributed by atoms with van der Waals surface area (Å²) in [4.78, 5) is 40.2. The van der Waals surface area contributed by atoms with Gasteiger partial charge in [-0.2, -0.15) is 0 Å². The first-order chi connectivity index (χ1) is 15.0. The fraction of sp³-hybridized carbons (Fsp3) is 0.318. The average Bonchev–Trinajstić information content (AvgIpc) is 3.23. The zero-order valence-electron chi connectivity index (χ0n) is 17.6. The van der Waals surface area contributed by atoms with Crippen LogP contribution in [0.25, 0.3) is 11.1 Å². The van der Waals surface area contributed by atoms with Gasteiger partial charge in [0, 0.05) is 31.0 Å². The van der Waals surface area contributed by atoms with Gasteiger partial charge in [-0.3, -0.25) is 19.6 Å². The zero-order valence-corrected chi connectivity index (χ0v) is 18.4. The number of ether oxygens (including phenoxy) is 1. The summed E-state index contributed by atoms with van der Waals surface area (Å²) in [7, 11) is 1.57. The Balaban J connectivity index is 1.57. The number of aromatic nitrogens is 3. The Morgan fingerprint density at radius 1 is 1.19 bits per heavy atom. The summed E-state index contributed by atoms with van der Waals surface area (Å²) in [6, 6.07) is 7.48. The molecule has 4 heterocycles. The molecular weight excluding hydrogens is 414 g/mol. The smallest absolute Gasteiger partial charge is 0.269 e. The van der Waals surface area contributed by atoms with Crippen LogP contribution in [-0.4, -0.2) is 58.4 Å². The van der Waals surface area contributed by atoms with Crippen molar-refractivity contribution >= 4 is 23.2 Å². The number of carbonyl (C=O) groups is 2. The molecule has 4 rings (SSSR count). The van der Waals surface area contributed by atoms with E-state index in [0.29, 0.717) is 30.3 Å². The second-order valence-corrected chi connectivity index (χ2v) is 8.17. The summed E-state index contributed by atoms with van der Waals surface area (Å²) in [6.45, 7) is 5.18. The first-order valence-electron chi connectivity index (χ1n) is 9.94. The van der Waals surface area contributed by atoms with Gasteiger partial charge in [0.15, 0.2) is 0 Å². The fourth-order valence-electron chi connectivity index (χ4n) is 3.52.